The van der Waals surface area contributed by atoms with Crippen LogP contribution in [0.15, 0.2) is 53.0 Å². The number of carbonyl (C=O) groups excluding carboxylic acids is 1. The molecule has 2 rings (SSSR count). The van der Waals surface area contributed by atoms with E-state index in [1.54, 1.807) is 24.3 Å². The lowest BCUT2D eigenvalue weighted by Gasteiger charge is -2.09. The molecule has 0 fully saturated rings. The van der Waals surface area contributed by atoms with E-state index in [1.807, 2.05) is 24.3 Å². The van der Waals surface area contributed by atoms with E-state index in [2.05, 4.69) is 21.2 Å². The Morgan fingerprint density at radius 2 is 1.76 bits per heavy atom. The van der Waals surface area contributed by atoms with Gasteiger partial charge in [-0.05, 0) is 58.7 Å². The molecule has 0 heterocycles. The van der Waals surface area contributed by atoms with Gasteiger partial charge >= 0.3 is 0 Å². The first-order valence-corrected chi connectivity index (χ1v) is 8.58. The summed E-state index contributed by atoms with van der Waals surface area (Å²) in [6, 6.07) is 14.9. The van der Waals surface area contributed by atoms with Gasteiger partial charge < -0.3 is 20.5 Å². The molecule has 3 N–H and O–H groups in total. The third kappa shape index (κ3) is 7.77. The van der Waals surface area contributed by atoms with Gasteiger partial charge in [-0.2, -0.15) is 0 Å². The third-order valence-electron chi connectivity index (χ3n) is 3.17. The fraction of sp³-hybridized carbons (Fsp3) is 0.278. The summed E-state index contributed by atoms with van der Waals surface area (Å²) in [5.41, 5.74) is 6.12. The van der Waals surface area contributed by atoms with Crippen molar-refractivity contribution in [3.63, 3.8) is 0 Å². The van der Waals surface area contributed by atoms with Crippen molar-refractivity contribution in [2.75, 3.05) is 25.1 Å². The molecule has 0 atom stereocenters. The van der Waals surface area contributed by atoms with Crippen LogP contribution in [-0.4, -0.2) is 25.7 Å². The summed E-state index contributed by atoms with van der Waals surface area (Å²) in [6.07, 6.45) is 1.04. The number of hydrogen-bond acceptors (Lipinski definition) is 4. The van der Waals surface area contributed by atoms with Crippen LogP contribution in [0.2, 0.25) is 0 Å². The number of benzene rings is 2. The second-order valence-corrected chi connectivity index (χ2v) is 5.95. The lowest BCUT2D eigenvalue weighted by Crippen LogP contribution is -2.13. The molecule has 2 aromatic carbocycles. The van der Waals surface area contributed by atoms with Crippen molar-refractivity contribution in [3.8, 4) is 11.5 Å². The van der Waals surface area contributed by atoms with Crippen LogP contribution in [-0.2, 0) is 4.79 Å². The fourth-order valence-corrected chi connectivity index (χ4v) is 2.41. The third-order valence-corrected chi connectivity index (χ3v) is 3.82. The van der Waals surface area contributed by atoms with E-state index < -0.39 is 0 Å². The number of nitrogens with one attached hydrogen (secondary N) is 1. The van der Waals surface area contributed by atoms with Crippen LogP contribution in [0.1, 0.15) is 12.8 Å². The summed E-state index contributed by atoms with van der Waals surface area (Å²) in [5.74, 6) is 1.48. The smallest absolute Gasteiger partial charge is 0.224 e. The van der Waals surface area contributed by atoms with Crippen LogP contribution in [0.3, 0.4) is 0 Å². The first-order valence-electron chi connectivity index (χ1n) is 7.79. The van der Waals surface area contributed by atoms with Gasteiger partial charge in [0.25, 0.3) is 0 Å². The zero-order valence-electron chi connectivity index (χ0n) is 13.7. The second kappa shape index (κ2) is 11.7. The Kier molecular flexibility index (Phi) is 9.99. The van der Waals surface area contributed by atoms with Crippen molar-refractivity contribution in [1.82, 2.24) is 0 Å². The van der Waals surface area contributed by atoms with E-state index in [-0.39, 0.29) is 18.3 Å². The minimum absolute atomic E-state index is 0. The Hall–Kier alpha value is -1.76. The SMILES string of the molecule is Cl.NCCOc1ccc(NC(=O)CCCOc2ccccc2Br)cc1. The number of anilines is 1. The highest BCUT2D eigenvalue weighted by molar-refractivity contribution is 9.10. The van der Waals surface area contributed by atoms with Crippen molar-refractivity contribution in [2.24, 2.45) is 5.73 Å². The van der Waals surface area contributed by atoms with Gasteiger partial charge in [0.2, 0.25) is 5.91 Å². The topological polar surface area (TPSA) is 73.6 Å². The molecule has 0 aromatic heterocycles. The minimum atomic E-state index is -0.0404. The number of nitrogens with two attached hydrogens (primary N) is 1. The summed E-state index contributed by atoms with van der Waals surface area (Å²) in [4.78, 5) is 11.9. The van der Waals surface area contributed by atoms with E-state index >= 15 is 0 Å². The van der Waals surface area contributed by atoms with Crippen LogP contribution in [0, 0.1) is 0 Å². The van der Waals surface area contributed by atoms with Crippen molar-refractivity contribution in [3.05, 3.63) is 53.0 Å². The average Bonchev–Trinajstić information content (AvgIpc) is 2.59. The first kappa shape index (κ1) is 21.3. The Bertz CT molecular complexity index is 653. The summed E-state index contributed by atoms with van der Waals surface area (Å²) < 4.78 is 11.9. The molecular formula is C18H22BrClN2O3. The van der Waals surface area contributed by atoms with E-state index in [4.69, 9.17) is 15.2 Å². The van der Waals surface area contributed by atoms with Crippen LogP contribution in [0.4, 0.5) is 5.69 Å². The molecule has 0 saturated heterocycles. The van der Waals surface area contributed by atoms with E-state index in [9.17, 15) is 4.79 Å². The normalized spacial score (nSPS) is 9.84. The number of para-hydroxylation sites is 1. The fourth-order valence-electron chi connectivity index (χ4n) is 2.01. The molecule has 0 radical (unpaired) electrons. The van der Waals surface area contributed by atoms with Crippen molar-refractivity contribution < 1.29 is 14.3 Å². The molecule has 0 unspecified atom stereocenters. The monoisotopic (exact) mass is 428 g/mol. The molecule has 0 bridgehead atoms. The van der Waals surface area contributed by atoms with Crippen molar-refractivity contribution >= 4 is 39.9 Å². The number of hydrogen-bond donors (Lipinski definition) is 2. The van der Waals surface area contributed by atoms with Crippen molar-refractivity contribution in [2.45, 2.75) is 12.8 Å². The quantitative estimate of drug-likeness (QED) is 0.591. The van der Waals surface area contributed by atoms with Gasteiger partial charge in [-0.15, -0.1) is 12.4 Å². The first-order chi connectivity index (χ1) is 11.7. The molecule has 7 heteroatoms. The summed E-state index contributed by atoms with van der Waals surface area (Å²) in [5, 5.41) is 2.85. The van der Waals surface area contributed by atoms with Gasteiger partial charge in [-0.1, -0.05) is 12.1 Å². The predicted octanol–water partition coefficient (Wildman–Crippen LogP) is 4.01. The summed E-state index contributed by atoms with van der Waals surface area (Å²) in [6.45, 7) is 1.44. The molecule has 0 aliphatic rings. The molecule has 25 heavy (non-hydrogen) atoms. The zero-order valence-corrected chi connectivity index (χ0v) is 16.1. The predicted molar refractivity (Wildman–Crippen MR) is 106 cm³/mol. The van der Waals surface area contributed by atoms with Gasteiger partial charge in [0, 0.05) is 18.7 Å². The molecule has 0 saturated carbocycles. The Labute approximate surface area is 162 Å². The lowest BCUT2D eigenvalue weighted by atomic mass is 10.2. The molecular weight excluding hydrogens is 408 g/mol. The van der Waals surface area contributed by atoms with E-state index in [1.165, 1.54) is 0 Å². The maximum Gasteiger partial charge on any atom is 0.224 e. The van der Waals surface area contributed by atoms with E-state index in [0.29, 0.717) is 32.6 Å². The van der Waals surface area contributed by atoms with Crippen molar-refractivity contribution in [1.29, 1.82) is 0 Å². The van der Waals surface area contributed by atoms with Crippen LogP contribution in [0.5, 0.6) is 11.5 Å². The van der Waals surface area contributed by atoms with Gasteiger partial charge in [0.15, 0.2) is 0 Å². The number of amides is 1. The highest BCUT2D eigenvalue weighted by Crippen LogP contribution is 2.23. The Balaban J connectivity index is 0.00000312. The average molecular weight is 430 g/mol. The highest BCUT2D eigenvalue weighted by atomic mass is 79.9. The van der Waals surface area contributed by atoms with E-state index in [0.717, 1.165) is 21.7 Å². The second-order valence-electron chi connectivity index (χ2n) is 5.09. The van der Waals surface area contributed by atoms with Crippen LogP contribution < -0.4 is 20.5 Å². The maximum absolute atomic E-state index is 11.9. The summed E-state index contributed by atoms with van der Waals surface area (Å²) in [7, 11) is 0. The molecule has 136 valence electrons. The maximum atomic E-state index is 11.9. The van der Waals surface area contributed by atoms with Gasteiger partial charge in [0.05, 0.1) is 11.1 Å². The molecule has 0 spiro atoms. The van der Waals surface area contributed by atoms with Gasteiger partial charge in [0.1, 0.15) is 18.1 Å². The Morgan fingerprint density at radius 1 is 1.04 bits per heavy atom. The van der Waals surface area contributed by atoms with Gasteiger partial charge in [-0.3, -0.25) is 4.79 Å². The summed E-state index contributed by atoms with van der Waals surface area (Å²) >= 11 is 3.42. The molecule has 0 aliphatic heterocycles. The van der Waals surface area contributed by atoms with Crippen LogP contribution in [0.25, 0.3) is 0 Å². The number of rotatable bonds is 9. The van der Waals surface area contributed by atoms with Crippen LogP contribution >= 0.6 is 28.3 Å². The molecule has 0 aliphatic carbocycles. The molecule has 1 amide bonds. The number of halogens is 2. The largest absolute Gasteiger partial charge is 0.492 e. The lowest BCUT2D eigenvalue weighted by molar-refractivity contribution is -0.116. The van der Waals surface area contributed by atoms with Gasteiger partial charge in [-0.25, -0.2) is 0 Å². The molecule has 5 nitrogen and oxygen atoms in total. The zero-order chi connectivity index (χ0) is 17.2. The minimum Gasteiger partial charge on any atom is -0.492 e. The highest BCUT2D eigenvalue weighted by Gasteiger charge is 2.04. The standard InChI is InChI=1S/C18H21BrN2O3.ClH/c19-16-4-1-2-5-17(16)24-12-3-6-18(22)21-14-7-9-15(10-8-14)23-13-11-20;/h1-2,4-5,7-10H,3,6,11-13,20H2,(H,21,22);1H. The number of carbonyl (C=O) groups is 1. The molecule has 2 aromatic rings. The Morgan fingerprint density at radius 3 is 2.44 bits per heavy atom. The number of ether oxygens (including phenoxy) is 2.